The lowest BCUT2D eigenvalue weighted by molar-refractivity contribution is 1.28. The third-order valence-corrected chi connectivity index (χ3v) is 11.1. The fourth-order valence-electron chi connectivity index (χ4n) is 8.04. The molecule has 0 spiro atoms. The Morgan fingerprint density at radius 2 is 0.526 bits per heavy atom. The van der Waals surface area contributed by atoms with Gasteiger partial charge in [-0.15, -0.1) is 0 Å². The van der Waals surface area contributed by atoms with Gasteiger partial charge in [0, 0.05) is 17.1 Å². The summed E-state index contributed by atoms with van der Waals surface area (Å²) in [6.07, 6.45) is 0. The van der Waals surface area contributed by atoms with Gasteiger partial charge in [-0.1, -0.05) is 182 Å². The van der Waals surface area contributed by atoms with E-state index in [4.69, 9.17) is 0 Å². The highest BCUT2D eigenvalue weighted by Gasteiger charge is 2.15. The third-order valence-electron chi connectivity index (χ3n) is 11.1. The first-order valence-electron chi connectivity index (χ1n) is 19.6. The quantitative estimate of drug-likeness (QED) is 0.151. The molecule has 0 aliphatic rings. The zero-order chi connectivity index (χ0) is 38.0. The maximum Gasteiger partial charge on any atom is 0.0462 e. The minimum Gasteiger partial charge on any atom is -0.311 e. The molecule has 0 aliphatic heterocycles. The first-order valence-corrected chi connectivity index (χ1v) is 19.6. The standard InChI is InChI=1S/C56H39N/c1-3-13-45(14-4-1)55-36-29-51(39-56(55)46-15-5-2-6-16-46)44-27-34-54(35-28-44)57(52-30-23-42(24-31-52)49-21-19-40-11-7-9-17-47(40)37-49)53-32-25-43(26-33-53)50-22-20-41-12-8-10-18-48(41)38-50/h1-39H. The van der Waals surface area contributed by atoms with E-state index in [2.05, 4.69) is 241 Å². The van der Waals surface area contributed by atoms with Gasteiger partial charge in [0.15, 0.2) is 0 Å². The van der Waals surface area contributed by atoms with Gasteiger partial charge in [0.25, 0.3) is 0 Å². The van der Waals surface area contributed by atoms with Crippen LogP contribution in [0.5, 0.6) is 0 Å². The molecule has 10 aromatic rings. The van der Waals surface area contributed by atoms with E-state index in [1.54, 1.807) is 0 Å². The zero-order valence-corrected chi connectivity index (χ0v) is 31.5. The average Bonchev–Trinajstić information content (AvgIpc) is 3.30. The summed E-state index contributed by atoms with van der Waals surface area (Å²) in [5.41, 5.74) is 15.4. The Labute approximate surface area is 334 Å². The van der Waals surface area contributed by atoms with Crippen LogP contribution in [0, 0.1) is 0 Å². The predicted octanol–water partition coefficient (Wildman–Crippen LogP) is 15.8. The van der Waals surface area contributed by atoms with Crippen LogP contribution < -0.4 is 4.90 Å². The summed E-state index contributed by atoms with van der Waals surface area (Å²) in [5.74, 6) is 0. The van der Waals surface area contributed by atoms with Crippen LogP contribution >= 0.6 is 0 Å². The lowest BCUT2D eigenvalue weighted by Gasteiger charge is -2.26. The minimum atomic E-state index is 1.10. The summed E-state index contributed by atoms with van der Waals surface area (Å²) in [6, 6.07) is 85.6. The summed E-state index contributed by atoms with van der Waals surface area (Å²) in [6.45, 7) is 0. The van der Waals surface area contributed by atoms with Gasteiger partial charge in [-0.25, -0.2) is 0 Å². The highest BCUT2D eigenvalue weighted by atomic mass is 15.1. The first kappa shape index (κ1) is 34.0. The molecular weight excluding hydrogens is 687 g/mol. The van der Waals surface area contributed by atoms with E-state index in [0.29, 0.717) is 0 Å². The molecule has 1 nitrogen and oxygen atoms in total. The number of nitrogens with zero attached hydrogens (tertiary/aromatic N) is 1. The molecule has 0 radical (unpaired) electrons. The molecule has 0 unspecified atom stereocenters. The molecular formula is C56H39N. The third kappa shape index (κ3) is 6.88. The maximum absolute atomic E-state index is 2.35. The van der Waals surface area contributed by atoms with Crippen molar-refractivity contribution in [3.8, 4) is 55.6 Å². The minimum absolute atomic E-state index is 1.10. The summed E-state index contributed by atoms with van der Waals surface area (Å²) in [5, 5.41) is 5.00. The second kappa shape index (κ2) is 15.0. The van der Waals surface area contributed by atoms with Crippen LogP contribution in [0.2, 0.25) is 0 Å². The van der Waals surface area contributed by atoms with Gasteiger partial charge in [0.2, 0.25) is 0 Å². The Balaban J connectivity index is 1.02. The van der Waals surface area contributed by atoms with E-state index in [0.717, 1.165) is 17.1 Å². The van der Waals surface area contributed by atoms with Crippen LogP contribution in [0.15, 0.2) is 237 Å². The number of hydrogen-bond donors (Lipinski definition) is 0. The second-order valence-corrected chi connectivity index (χ2v) is 14.6. The maximum atomic E-state index is 2.35. The summed E-state index contributed by atoms with van der Waals surface area (Å²) in [7, 11) is 0. The second-order valence-electron chi connectivity index (χ2n) is 14.6. The molecule has 1 heteroatoms. The number of rotatable bonds is 8. The van der Waals surface area contributed by atoms with Crippen LogP contribution in [0.25, 0.3) is 77.2 Å². The zero-order valence-electron chi connectivity index (χ0n) is 31.5. The van der Waals surface area contributed by atoms with Crippen molar-refractivity contribution in [2.75, 3.05) is 4.90 Å². The van der Waals surface area contributed by atoms with Gasteiger partial charge >= 0.3 is 0 Å². The topological polar surface area (TPSA) is 3.24 Å². The molecule has 0 N–H and O–H groups in total. The summed E-state index contributed by atoms with van der Waals surface area (Å²) in [4.78, 5) is 2.35. The lowest BCUT2D eigenvalue weighted by Crippen LogP contribution is -2.09. The van der Waals surface area contributed by atoms with Crippen molar-refractivity contribution in [2.45, 2.75) is 0 Å². The molecule has 10 aromatic carbocycles. The highest BCUT2D eigenvalue weighted by molar-refractivity contribution is 5.91. The normalized spacial score (nSPS) is 11.2. The number of hydrogen-bond acceptors (Lipinski definition) is 1. The number of fused-ring (bicyclic) bond motifs is 2. The summed E-state index contributed by atoms with van der Waals surface area (Å²) < 4.78 is 0. The number of benzene rings is 10. The van der Waals surface area contributed by atoms with Crippen molar-refractivity contribution < 1.29 is 0 Å². The predicted molar refractivity (Wildman–Crippen MR) is 243 cm³/mol. The Morgan fingerprint density at radius 3 is 0.965 bits per heavy atom. The molecule has 0 atom stereocenters. The molecule has 0 amide bonds. The van der Waals surface area contributed by atoms with E-state index in [-0.39, 0.29) is 0 Å². The summed E-state index contributed by atoms with van der Waals surface area (Å²) >= 11 is 0. The fourth-order valence-corrected chi connectivity index (χ4v) is 8.04. The Bertz CT molecular complexity index is 2840. The molecule has 0 heterocycles. The van der Waals surface area contributed by atoms with Crippen LogP contribution in [0.1, 0.15) is 0 Å². The van der Waals surface area contributed by atoms with Crippen LogP contribution in [-0.2, 0) is 0 Å². The van der Waals surface area contributed by atoms with E-state index in [9.17, 15) is 0 Å². The smallest absolute Gasteiger partial charge is 0.0462 e. The van der Waals surface area contributed by atoms with Crippen LogP contribution in [0.4, 0.5) is 17.1 Å². The molecule has 10 rings (SSSR count). The molecule has 0 aliphatic carbocycles. The Hall–Kier alpha value is -7.48. The molecule has 0 bridgehead atoms. The van der Waals surface area contributed by atoms with Crippen molar-refractivity contribution in [3.05, 3.63) is 237 Å². The fraction of sp³-hybridized carbons (Fsp3) is 0. The molecule has 0 saturated heterocycles. The van der Waals surface area contributed by atoms with Crippen molar-refractivity contribution in [1.29, 1.82) is 0 Å². The van der Waals surface area contributed by atoms with Crippen molar-refractivity contribution in [2.24, 2.45) is 0 Å². The first-order chi connectivity index (χ1) is 28.2. The molecule has 0 saturated carbocycles. The van der Waals surface area contributed by atoms with Gasteiger partial charge in [0.05, 0.1) is 0 Å². The van der Waals surface area contributed by atoms with Crippen LogP contribution in [0.3, 0.4) is 0 Å². The monoisotopic (exact) mass is 725 g/mol. The van der Waals surface area contributed by atoms with Crippen molar-refractivity contribution >= 4 is 38.6 Å². The largest absolute Gasteiger partial charge is 0.311 e. The highest BCUT2D eigenvalue weighted by Crippen LogP contribution is 2.40. The molecule has 57 heavy (non-hydrogen) atoms. The van der Waals surface area contributed by atoms with E-state index < -0.39 is 0 Å². The molecule has 268 valence electrons. The van der Waals surface area contributed by atoms with Gasteiger partial charge < -0.3 is 4.90 Å². The molecule has 0 fully saturated rings. The number of anilines is 3. The van der Waals surface area contributed by atoms with Crippen molar-refractivity contribution in [1.82, 2.24) is 0 Å². The van der Waals surface area contributed by atoms with Gasteiger partial charge in [-0.2, -0.15) is 0 Å². The van der Waals surface area contributed by atoms with Crippen molar-refractivity contribution in [3.63, 3.8) is 0 Å². The van der Waals surface area contributed by atoms with E-state index in [1.165, 1.54) is 77.2 Å². The SMILES string of the molecule is c1ccc(-c2ccc(-c3ccc(N(c4ccc(-c5ccc6ccccc6c5)cc4)c4ccc(-c5ccc6ccccc6c5)cc4)cc3)cc2-c2ccccc2)cc1. The van der Waals surface area contributed by atoms with E-state index in [1.807, 2.05) is 0 Å². The molecule has 0 aromatic heterocycles. The lowest BCUT2D eigenvalue weighted by atomic mass is 9.91. The average molecular weight is 726 g/mol. The Morgan fingerprint density at radius 1 is 0.193 bits per heavy atom. The van der Waals surface area contributed by atoms with Gasteiger partial charge in [-0.05, 0) is 132 Å². The van der Waals surface area contributed by atoms with Gasteiger partial charge in [-0.3, -0.25) is 0 Å². The van der Waals surface area contributed by atoms with Crippen LogP contribution in [-0.4, -0.2) is 0 Å². The Kier molecular flexibility index (Phi) is 8.95. The van der Waals surface area contributed by atoms with E-state index >= 15 is 0 Å². The van der Waals surface area contributed by atoms with Gasteiger partial charge in [0.1, 0.15) is 0 Å².